The van der Waals surface area contributed by atoms with Gasteiger partial charge in [-0.25, -0.2) is 0 Å². The molecule has 0 bridgehead atoms. The summed E-state index contributed by atoms with van der Waals surface area (Å²) in [4.78, 5) is 11.5. The number of nitrogens with one attached hydrogen (secondary N) is 1. The zero-order chi connectivity index (χ0) is 11.9. The van der Waals surface area contributed by atoms with Gasteiger partial charge in [0.05, 0.1) is 6.26 Å². The maximum atomic E-state index is 11.5. The lowest BCUT2D eigenvalue weighted by molar-refractivity contribution is 0.0698. The van der Waals surface area contributed by atoms with Crippen molar-refractivity contribution in [3.05, 3.63) is 24.2 Å². The van der Waals surface area contributed by atoms with Crippen molar-refractivity contribution in [2.45, 2.75) is 19.3 Å². The van der Waals surface area contributed by atoms with Gasteiger partial charge in [0.25, 0.3) is 0 Å². The van der Waals surface area contributed by atoms with Crippen LogP contribution < -0.4 is 5.32 Å². The van der Waals surface area contributed by atoms with Crippen molar-refractivity contribution < 1.29 is 13.9 Å². The number of hydrogen-bond acceptors (Lipinski definition) is 4. The average Bonchev–Trinajstić information content (AvgIpc) is 2.89. The average molecular weight is 237 g/mol. The first kappa shape index (κ1) is 12.3. The van der Waals surface area contributed by atoms with Gasteiger partial charge in [-0.05, 0) is 50.4 Å². The third-order valence-electron chi connectivity index (χ3n) is 3.16. The second-order valence-electron chi connectivity index (χ2n) is 4.44. The molecule has 1 saturated heterocycles. The van der Waals surface area contributed by atoms with Gasteiger partial charge in [-0.15, -0.1) is 0 Å². The Balaban J connectivity index is 1.58. The molecule has 94 valence electrons. The van der Waals surface area contributed by atoms with E-state index in [9.17, 15) is 4.79 Å². The van der Waals surface area contributed by atoms with Crippen LogP contribution in [0, 0.1) is 5.92 Å². The molecular weight excluding hydrogens is 218 g/mol. The summed E-state index contributed by atoms with van der Waals surface area (Å²) in [6.07, 6.45) is 4.99. The third kappa shape index (κ3) is 3.98. The topological polar surface area (TPSA) is 51.5 Å². The Morgan fingerprint density at radius 3 is 3.00 bits per heavy atom. The summed E-state index contributed by atoms with van der Waals surface area (Å²) >= 11 is 0. The number of furan rings is 1. The minimum Gasteiger partial charge on any atom is -0.461 e. The lowest BCUT2D eigenvalue weighted by Crippen LogP contribution is -2.28. The molecule has 1 fully saturated rings. The molecule has 1 aromatic heterocycles. The number of piperidine rings is 1. The molecule has 0 saturated carbocycles. The van der Waals surface area contributed by atoms with Crippen LogP contribution in [0.15, 0.2) is 22.8 Å². The van der Waals surface area contributed by atoms with E-state index in [0.717, 1.165) is 25.4 Å². The van der Waals surface area contributed by atoms with Crippen molar-refractivity contribution in [2.24, 2.45) is 5.92 Å². The Labute approximate surface area is 101 Å². The molecule has 2 heterocycles. The van der Waals surface area contributed by atoms with E-state index in [2.05, 4.69) is 5.32 Å². The Kier molecular flexibility index (Phi) is 4.76. The van der Waals surface area contributed by atoms with Crippen molar-refractivity contribution in [2.75, 3.05) is 26.3 Å². The van der Waals surface area contributed by atoms with Gasteiger partial charge in [0.2, 0.25) is 5.78 Å². The number of carbonyl (C=O) groups is 1. The van der Waals surface area contributed by atoms with E-state index in [4.69, 9.17) is 9.15 Å². The monoisotopic (exact) mass is 237 g/mol. The molecule has 0 amide bonds. The summed E-state index contributed by atoms with van der Waals surface area (Å²) in [5.74, 6) is 1.04. The molecule has 2 rings (SSSR count). The minimum atomic E-state index is -0.0830. The first-order chi connectivity index (χ1) is 8.36. The molecule has 0 spiro atoms. The molecule has 0 radical (unpaired) electrons. The standard InChI is InChI=1S/C13H19NO3/c15-12(13-2-1-8-17-13)10-16-9-5-11-3-6-14-7-4-11/h1-2,8,11,14H,3-7,9-10H2. The van der Waals surface area contributed by atoms with Crippen LogP contribution in [0.5, 0.6) is 0 Å². The number of Topliss-reactive ketones (excluding diaryl/α,β-unsaturated/α-hetero) is 1. The Hall–Kier alpha value is -1.13. The van der Waals surface area contributed by atoms with Gasteiger partial charge in [0.1, 0.15) is 6.61 Å². The molecule has 0 aromatic carbocycles. The van der Waals surface area contributed by atoms with Crippen LogP contribution in [0.1, 0.15) is 29.8 Å². The SMILES string of the molecule is O=C(COCCC1CCNCC1)c1ccco1. The summed E-state index contributed by atoms with van der Waals surface area (Å²) in [7, 11) is 0. The number of ether oxygens (including phenoxy) is 1. The van der Waals surface area contributed by atoms with E-state index >= 15 is 0 Å². The van der Waals surface area contributed by atoms with Crippen molar-refractivity contribution in [1.82, 2.24) is 5.32 Å². The van der Waals surface area contributed by atoms with Crippen LogP contribution in [0.2, 0.25) is 0 Å². The minimum absolute atomic E-state index is 0.0830. The third-order valence-corrected chi connectivity index (χ3v) is 3.16. The second kappa shape index (κ2) is 6.57. The van der Waals surface area contributed by atoms with Crippen LogP contribution in [0.3, 0.4) is 0 Å². The molecule has 0 atom stereocenters. The van der Waals surface area contributed by atoms with Gasteiger partial charge in [-0.3, -0.25) is 4.79 Å². The zero-order valence-corrected chi connectivity index (χ0v) is 9.98. The van der Waals surface area contributed by atoms with E-state index in [1.54, 1.807) is 12.1 Å². The first-order valence-corrected chi connectivity index (χ1v) is 6.21. The number of ketones is 1. The van der Waals surface area contributed by atoms with E-state index in [-0.39, 0.29) is 12.4 Å². The van der Waals surface area contributed by atoms with E-state index in [0.29, 0.717) is 12.4 Å². The van der Waals surface area contributed by atoms with Gasteiger partial charge in [-0.2, -0.15) is 0 Å². The Morgan fingerprint density at radius 2 is 2.29 bits per heavy atom. The van der Waals surface area contributed by atoms with Crippen LogP contribution in [-0.2, 0) is 4.74 Å². The van der Waals surface area contributed by atoms with Crippen LogP contribution >= 0.6 is 0 Å². The number of rotatable bonds is 6. The number of carbonyl (C=O) groups excluding carboxylic acids is 1. The van der Waals surface area contributed by atoms with E-state index < -0.39 is 0 Å². The fourth-order valence-electron chi connectivity index (χ4n) is 2.09. The molecule has 17 heavy (non-hydrogen) atoms. The van der Waals surface area contributed by atoms with Crippen molar-refractivity contribution >= 4 is 5.78 Å². The molecule has 1 aliphatic heterocycles. The highest BCUT2D eigenvalue weighted by Crippen LogP contribution is 2.15. The summed E-state index contributed by atoms with van der Waals surface area (Å²) in [5, 5.41) is 3.33. The fourth-order valence-corrected chi connectivity index (χ4v) is 2.09. The summed E-state index contributed by atoms with van der Waals surface area (Å²) in [5.41, 5.74) is 0. The Morgan fingerprint density at radius 1 is 1.47 bits per heavy atom. The molecule has 4 nitrogen and oxygen atoms in total. The molecule has 1 N–H and O–H groups in total. The van der Waals surface area contributed by atoms with Crippen molar-refractivity contribution in [1.29, 1.82) is 0 Å². The number of hydrogen-bond donors (Lipinski definition) is 1. The zero-order valence-electron chi connectivity index (χ0n) is 9.98. The van der Waals surface area contributed by atoms with Crippen LogP contribution in [-0.4, -0.2) is 32.1 Å². The predicted octanol–water partition coefficient (Wildman–Crippen LogP) is 1.87. The summed E-state index contributed by atoms with van der Waals surface area (Å²) in [6.45, 7) is 3.00. The molecule has 0 aliphatic carbocycles. The van der Waals surface area contributed by atoms with E-state index in [1.807, 2.05) is 0 Å². The molecule has 0 unspecified atom stereocenters. The molecule has 1 aromatic rings. The quantitative estimate of drug-likeness (QED) is 0.606. The second-order valence-corrected chi connectivity index (χ2v) is 4.44. The maximum Gasteiger partial charge on any atom is 0.223 e. The highest BCUT2D eigenvalue weighted by Gasteiger charge is 2.13. The summed E-state index contributed by atoms with van der Waals surface area (Å²) in [6, 6.07) is 3.38. The van der Waals surface area contributed by atoms with Gasteiger partial charge in [0.15, 0.2) is 5.76 Å². The maximum absolute atomic E-state index is 11.5. The Bertz CT molecular complexity index is 328. The smallest absolute Gasteiger partial charge is 0.223 e. The largest absolute Gasteiger partial charge is 0.461 e. The lowest BCUT2D eigenvalue weighted by atomic mass is 9.95. The van der Waals surface area contributed by atoms with Crippen molar-refractivity contribution in [3.8, 4) is 0 Å². The first-order valence-electron chi connectivity index (χ1n) is 6.21. The van der Waals surface area contributed by atoms with Gasteiger partial charge < -0.3 is 14.5 Å². The molecule has 1 aliphatic rings. The summed E-state index contributed by atoms with van der Waals surface area (Å²) < 4.78 is 10.4. The highest BCUT2D eigenvalue weighted by atomic mass is 16.5. The van der Waals surface area contributed by atoms with Crippen molar-refractivity contribution in [3.63, 3.8) is 0 Å². The highest BCUT2D eigenvalue weighted by molar-refractivity contribution is 5.94. The fraction of sp³-hybridized carbons (Fsp3) is 0.615. The predicted molar refractivity (Wildman–Crippen MR) is 64.1 cm³/mol. The van der Waals surface area contributed by atoms with Crippen LogP contribution in [0.25, 0.3) is 0 Å². The van der Waals surface area contributed by atoms with Gasteiger partial charge >= 0.3 is 0 Å². The van der Waals surface area contributed by atoms with E-state index in [1.165, 1.54) is 19.1 Å². The lowest BCUT2D eigenvalue weighted by Gasteiger charge is -2.22. The van der Waals surface area contributed by atoms with Crippen LogP contribution in [0.4, 0.5) is 0 Å². The van der Waals surface area contributed by atoms with Gasteiger partial charge in [0, 0.05) is 6.61 Å². The molecular formula is C13H19NO3. The molecule has 4 heteroatoms. The normalized spacial score (nSPS) is 17.2. The van der Waals surface area contributed by atoms with Gasteiger partial charge in [-0.1, -0.05) is 0 Å².